The summed E-state index contributed by atoms with van der Waals surface area (Å²) < 4.78 is 12.6. The molecule has 1 saturated heterocycles. The van der Waals surface area contributed by atoms with Gasteiger partial charge in [0.25, 0.3) is 5.91 Å². The minimum Gasteiger partial charge on any atom is -0.481 e. The van der Waals surface area contributed by atoms with E-state index >= 15 is 0 Å². The molecule has 1 aliphatic carbocycles. The summed E-state index contributed by atoms with van der Waals surface area (Å²) in [7, 11) is 3.06. The van der Waals surface area contributed by atoms with Crippen molar-refractivity contribution in [3.8, 4) is 11.8 Å². The molecule has 1 atom stereocenters. The van der Waals surface area contributed by atoms with Crippen LogP contribution in [0.2, 0.25) is 0 Å². The lowest BCUT2D eigenvalue weighted by Gasteiger charge is -2.42. The lowest BCUT2D eigenvalue weighted by molar-refractivity contribution is 0.0719. The SMILES string of the molecule is CCn1cnnc1C1CN(C(=O)c2ccc(OC)nc2OC)CC12CCC2. The third-order valence-corrected chi connectivity index (χ3v) is 6.05. The van der Waals surface area contributed by atoms with Crippen LogP contribution in [0.4, 0.5) is 0 Å². The number of carbonyl (C=O) groups is 1. The van der Waals surface area contributed by atoms with Crippen molar-refractivity contribution in [1.82, 2.24) is 24.6 Å². The van der Waals surface area contributed by atoms with E-state index in [1.165, 1.54) is 13.5 Å². The van der Waals surface area contributed by atoms with E-state index in [2.05, 4.69) is 26.7 Å². The Balaban J connectivity index is 1.63. The maximum atomic E-state index is 13.2. The molecule has 0 aromatic carbocycles. The molecule has 27 heavy (non-hydrogen) atoms. The van der Waals surface area contributed by atoms with Crippen LogP contribution in [-0.4, -0.2) is 57.9 Å². The van der Waals surface area contributed by atoms with Crippen LogP contribution in [0, 0.1) is 5.41 Å². The van der Waals surface area contributed by atoms with Gasteiger partial charge in [-0.3, -0.25) is 4.79 Å². The molecule has 1 aliphatic heterocycles. The number of hydrogen-bond donors (Lipinski definition) is 0. The van der Waals surface area contributed by atoms with Gasteiger partial charge in [-0.2, -0.15) is 4.98 Å². The zero-order valence-corrected chi connectivity index (χ0v) is 16.0. The molecule has 2 fully saturated rings. The normalized spacial score (nSPS) is 20.6. The van der Waals surface area contributed by atoms with Crippen LogP contribution >= 0.6 is 0 Å². The fourth-order valence-electron chi connectivity index (χ4n) is 4.42. The van der Waals surface area contributed by atoms with Gasteiger partial charge in [0.2, 0.25) is 11.8 Å². The van der Waals surface area contributed by atoms with Gasteiger partial charge in [0.15, 0.2) is 0 Å². The Morgan fingerprint density at radius 1 is 1.30 bits per heavy atom. The molecule has 1 spiro atoms. The Kier molecular flexibility index (Phi) is 4.49. The monoisotopic (exact) mass is 371 g/mol. The molecule has 2 aromatic heterocycles. The number of ether oxygens (including phenoxy) is 2. The molecular formula is C19H25N5O3. The minimum atomic E-state index is -0.0571. The number of carbonyl (C=O) groups excluding carboxylic acids is 1. The molecule has 2 aliphatic rings. The molecule has 0 bridgehead atoms. The first-order valence-electron chi connectivity index (χ1n) is 9.38. The van der Waals surface area contributed by atoms with Crippen molar-refractivity contribution in [3.63, 3.8) is 0 Å². The van der Waals surface area contributed by atoms with Crippen LogP contribution < -0.4 is 9.47 Å². The average molecular weight is 371 g/mol. The summed E-state index contributed by atoms with van der Waals surface area (Å²) in [5, 5.41) is 8.49. The lowest BCUT2D eigenvalue weighted by Crippen LogP contribution is -2.38. The fraction of sp³-hybridized carbons (Fsp3) is 0.579. The minimum absolute atomic E-state index is 0.0571. The molecule has 8 heteroatoms. The van der Waals surface area contributed by atoms with Crippen LogP contribution in [0.15, 0.2) is 18.5 Å². The van der Waals surface area contributed by atoms with E-state index in [1.807, 2.05) is 4.90 Å². The van der Waals surface area contributed by atoms with Gasteiger partial charge in [0.1, 0.15) is 17.7 Å². The van der Waals surface area contributed by atoms with Gasteiger partial charge in [0.05, 0.1) is 14.2 Å². The number of likely N-dealkylation sites (tertiary alicyclic amines) is 1. The van der Waals surface area contributed by atoms with E-state index in [1.54, 1.807) is 25.6 Å². The van der Waals surface area contributed by atoms with Gasteiger partial charge in [-0.1, -0.05) is 6.42 Å². The predicted octanol–water partition coefficient (Wildman–Crippen LogP) is 2.12. The molecular weight excluding hydrogens is 346 g/mol. The number of amides is 1. The van der Waals surface area contributed by atoms with Crippen LogP contribution in [0.5, 0.6) is 11.8 Å². The number of aromatic nitrogens is 4. The lowest BCUT2D eigenvalue weighted by atomic mass is 9.62. The Morgan fingerprint density at radius 2 is 2.11 bits per heavy atom. The van der Waals surface area contributed by atoms with Crippen molar-refractivity contribution in [2.24, 2.45) is 5.41 Å². The standard InChI is InChI=1S/C19H25N5O3/c1-4-23-12-20-22-16(23)14-10-24(11-19(14)8-5-9-19)18(25)13-6-7-15(26-2)21-17(13)27-3/h6-7,12,14H,4-5,8-11H2,1-3H3. The first-order valence-corrected chi connectivity index (χ1v) is 9.38. The molecule has 0 N–H and O–H groups in total. The van der Waals surface area contributed by atoms with E-state index in [-0.39, 0.29) is 17.2 Å². The Hall–Kier alpha value is -2.64. The highest BCUT2D eigenvalue weighted by molar-refractivity contribution is 5.96. The molecule has 144 valence electrons. The third-order valence-electron chi connectivity index (χ3n) is 6.05. The van der Waals surface area contributed by atoms with Gasteiger partial charge in [-0.15, -0.1) is 10.2 Å². The van der Waals surface area contributed by atoms with Gasteiger partial charge in [0, 0.05) is 31.6 Å². The number of rotatable bonds is 5. The topological polar surface area (TPSA) is 82.4 Å². The number of hydrogen-bond acceptors (Lipinski definition) is 6. The van der Waals surface area contributed by atoms with Crippen molar-refractivity contribution in [2.75, 3.05) is 27.3 Å². The van der Waals surface area contributed by atoms with E-state index in [4.69, 9.17) is 9.47 Å². The van der Waals surface area contributed by atoms with Crippen LogP contribution in [0.25, 0.3) is 0 Å². The van der Waals surface area contributed by atoms with Gasteiger partial charge in [-0.05, 0) is 31.2 Å². The summed E-state index contributed by atoms with van der Waals surface area (Å²) in [4.78, 5) is 19.4. The van der Waals surface area contributed by atoms with Crippen LogP contribution in [0.1, 0.15) is 48.3 Å². The first-order chi connectivity index (χ1) is 13.1. The number of pyridine rings is 1. The molecule has 3 heterocycles. The molecule has 1 amide bonds. The molecule has 2 aromatic rings. The van der Waals surface area contributed by atoms with E-state index in [9.17, 15) is 4.79 Å². The summed E-state index contributed by atoms with van der Waals surface area (Å²) in [6.07, 6.45) is 5.22. The summed E-state index contributed by atoms with van der Waals surface area (Å²) in [6.45, 7) is 4.31. The highest BCUT2D eigenvalue weighted by Crippen LogP contribution is 2.55. The van der Waals surface area contributed by atoms with Crippen molar-refractivity contribution in [1.29, 1.82) is 0 Å². The van der Waals surface area contributed by atoms with Crippen molar-refractivity contribution in [3.05, 3.63) is 29.8 Å². The maximum absolute atomic E-state index is 13.2. The second-order valence-electron chi connectivity index (χ2n) is 7.34. The quantitative estimate of drug-likeness (QED) is 0.801. The largest absolute Gasteiger partial charge is 0.481 e. The highest BCUT2D eigenvalue weighted by Gasteiger charge is 2.53. The van der Waals surface area contributed by atoms with Gasteiger partial charge in [-0.25, -0.2) is 0 Å². The highest BCUT2D eigenvalue weighted by atomic mass is 16.5. The van der Waals surface area contributed by atoms with Gasteiger partial charge >= 0.3 is 0 Å². The van der Waals surface area contributed by atoms with E-state index < -0.39 is 0 Å². The number of methoxy groups -OCH3 is 2. The smallest absolute Gasteiger partial charge is 0.259 e. The second-order valence-corrected chi connectivity index (χ2v) is 7.34. The molecule has 4 rings (SSSR count). The number of nitrogens with zero attached hydrogens (tertiary/aromatic N) is 5. The number of aryl methyl sites for hydroxylation is 1. The Bertz CT molecular complexity index is 846. The van der Waals surface area contributed by atoms with Crippen LogP contribution in [0.3, 0.4) is 0 Å². The molecule has 8 nitrogen and oxygen atoms in total. The third kappa shape index (κ3) is 2.83. The second kappa shape index (κ2) is 6.83. The van der Waals surface area contributed by atoms with E-state index in [0.717, 1.165) is 31.8 Å². The fourth-order valence-corrected chi connectivity index (χ4v) is 4.42. The maximum Gasteiger partial charge on any atom is 0.259 e. The Morgan fingerprint density at radius 3 is 2.74 bits per heavy atom. The van der Waals surface area contributed by atoms with Gasteiger partial charge < -0.3 is 18.9 Å². The van der Waals surface area contributed by atoms with Crippen molar-refractivity contribution in [2.45, 2.75) is 38.6 Å². The predicted molar refractivity (Wildman–Crippen MR) is 98.0 cm³/mol. The Labute approximate surface area is 158 Å². The summed E-state index contributed by atoms with van der Waals surface area (Å²) in [5.74, 6) is 1.87. The van der Waals surface area contributed by atoms with Crippen molar-refractivity contribution >= 4 is 5.91 Å². The molecule has 0 radical (unpaired) electrons. The zero-order valence-electron chi connectivity index (χ0n) is 16.0. The zero-order chi connectivity index (χ0) is 19.0. The van der Waals surface area contributed by atoms with E-state index in [0.29, 0.717) is 23.9 Å². The summed E-state index contributed by atoms with van der Waals surface area (Å²) in [6, 6.07) is 3.42. The summed E-state index contributed by atoms with van der Waals surface area (Å²) >= 11 is 0. The molecule has 1 unspecified atom stereocenters. The summed E-state index contributed by atoms with van der Waals surface area (Å²) in [5.41, 5.74) is 0.577. The first kappa shape index (κ1) is 17.8. The van der Waals surface area contributed by atoms with Crippen LogP contribution in [-0.2, 0) is 6.54 Å². The van der Waals surface area contributed by atoms with Crippen molar-refractivity contribution < 1.29 is 14.3 Å². The molecule has 1 saturated carbocycles. The average Bonchev–Trinajstić information content (AvgIpc) is 3.30.